The molecule has 112 valence electrons. The second kappa shape index (κ2) is 6.72. The Morgan fingerprint density at radius 1 is 0.857 bits per heavy atom. The summed E-state index contributed by atoms with van der Waals surface area (Å²) in [6.07, 6.45) is -3.93. The van der Waals surface area contributed by atoms with Crippen molar-refractivity contribution in [2.24, 2.45) is 0 Å². The molecule has 0 aliphatic heterocycles. The molecule has 1 nitrogen and oxygen atoms in total. The van der Waals surface area contributed by atoms with Gasteiger partial charge in [-0.1, -0.05) is 36.4 Å². The maximum atomic E-state index is 13.4. The number of hydrogen-bond acceptors (Lipinski definition) is 1. The van der Waals surface area contributed by atoms with E-state index < -0.39 is 11.7 Å². The Balaban J connectivity index is 1.91. The highest BCUT2D eigenvalue weighted by atomic mass is 19.4. The van der Waals surface area contributed by atoms with E-state index >= 15 is 0 Å². The van der Waals surface area contributed by atoms with Crippen LogP contribution in [0.1, 0.15) is 16.7 Å². The summed E-state index contributed by atoms with van der Waals surface area (Å²) in [5.41, 5.74) is 0.107. The normalized spacial score (nSPS) is 11.6. The Kier molecular flexibility index (Phi) is 4.96. The Bertz CT molecular complexity index is 593. The van der Waals surface area contributed by atoms with Crippen molar-refractivity contribution in [2.75, 3.05) is 6.54 Å². The van der Waals surface area contributed by atoms with Crippen molar-refractivity contribution < 1.29 is 17.6 Å². The van der Waals surface area contributed by atoms with Crippen molar-refractivity contribution in [2.45, 2.75) is 19.1 Å². The molecule has 0 atom stereocenters. The van der Waals surface area contributed by atoms with Crippen LogP contribution in [0.5, 0.6) is 0 Å². The van der Waals surface area contributed by atoms with E-state index in [4.69, 9.17) is 0 Å². The van der Waals surface area contributed by atoms with Gasteiger partial charge in [0.15, 0.2) is 0 Å². The highest BCUT2D eigenvalue weighted by molar-refractivity contribution is 5.29. The number of halogens is 4. The van der Waals surface area contributed by atoms with Crippen LogP contribution in [0.25, 0.3) is 0 Å². The Hall–Kier alpha value is -1.88. The first kappa shape index (κ1) is 15.5. The lowest BCUT2D eigenvalue weighted by atomic mass is 10.1. The lowest BCUT2D eigenvalue weighted by Gasteiger charge is -2.13. The third kappa shape index (κ3) is 4.29. The molecule has 2 aromatic rings. The minimum absolute atomic E-state index is 0.101. The van der Waals surface area contributed by atoms with Crippen molar-refractivity contribution in [3.63, 3.8) is 0 Å². The molecule has 0 saturated heterocycles. The Morgan fingerprint density at radius 3 is 2.14 bits per heavy atom. The highest BCUT2D eigenvalue weighted by Gasteiger charge is 2.32. The van der Waals surface area contributed by atoms with Gasteiger partial charge >= 0.3 is 6.18 Å². The summed E-state index contributed by atoms with van der Waals surface area (Å²) >= 11 is 0. The molecule has 0 fully saturated rings. The van der Waals surface area contributed by atoms with Crippen LogP contribution in [0.15, 0.2) is 48.5 Å². The van der Waals surface area contributed by atoms with Gasteiger partial charge < -0.3 is 5.32 Å². The van der Waals surface area contributed by atoms with Crippen molar-refractivity contribution in [3.8, 4) is 0 Å². The SMILES string of the molecule is Fc1ccccc1CCNCc1ccccc1C(F)(F)F. The molecular formula is C16H15F4N. The van der Waals surface area contributed by atoms with Gasteiger partial charge in [0, 0.05) is 6.54 Å². The molecule has 0 heterocycles. The van der Waals surface area contributed by atoms with Crippen LogP contribution >= 0.6 is 0 Å². The summed E-state index contributed by atoms with van der Waals surface area (Å²) < 4.78 is 51.8. The van der Waals surface area contributed by atoms with E-state index in [1.807, 2.05) is 0 Å². The Labute approximate surface area is 120 Å². The summed E-state index contributed by atoms with van der Waals surface area (Å²) in [6.45, 7) is 0.511. The summed E-state index contributed by atoms with van der Waals surface area (Å²) in [4.78, 5) is 0. The second-order valence-electron chi connectivity index (χ2n) is 4.67. The molecule has 0 radical (unpaired) electrons. The summed E-state index contributed by atoms with van der Waals surface area (Å²) in [5, 5.41) is 2.92. The fraction of sp³-hybridized carbons (Fsp3) is 0.250. The molecular weight excluding hydrogens is 282 g/mol. The molecule has 0 amide bonds. The van der Waals surface area contributed by atoms with Crippen LogP contribution in [0, 0.1) is 5.82 Å². The van der Waals surface area contributed by atoms with Crippen LogP contribution in [0.2, 0.25) is 0 Å². The van der Waals surface area contributed by atoms with E-state index in [9.17, 15) is 17.6 Å². The maximum Gasteiger partial charge on any atom is 0.416 e. The zero-order chi connectivity index (χ0) is 15.3. The van der Waals surface area contributed by atoms with Gasteiger partial charge in [-0.2, -0.15) is 13.2 Å². The average Bonchev–Trinajstić information content (AvgIpc) is 2.45. The quantitative estimate of drug-likeness (QED) is 0.645. The number of hydrogen-bond donors (Lipinski definition) is 1. The van der Waals surface area contributed by atoms with Crippen LogP contribution < -0.4 is 5.32 Å². The minimum atomic E-state index is -4.36. The van der Waals surface area contributed by atoms with Gasteiger partial charge in [0.05, 0.1) is 5.56 Å². The maximum absolute atomic E-state index is 13.4. The standard InChI is InChI=1S/C16H15F4N/c17-15-8-4-2-5-12(15)9-10-21-11-13-6-1-3-7-14(13)16(18,19)20/h1-8,21H,9-11H2. The van der Waals surface area contributed by atoms with E-state index in [0.717, 1.165) is 6.07 Å². The Morgan fingerprint density at radius 2 is 1.48 bits per heavy atom. The summed E-state index contributed by atoms with van der Waals surface area (Å²) in [6, 6.07) is 11.8. The molecule has 2 aromatic carbocycles. The zero-order valence-corrected chi connectivity index (χ0v) is 11.3. The van der Waals surface area contributed by atoms with Crippen LogP contribution in [-0.4, -0.2) is 6.54 Å². The summed E-state index contributed by atoms with van der Waals surface area (Å²) in [7, 11) is 0. The topological polar surface area (TPSA) is 12.0 Å². The smallest absolute Gasteiger partial charge is 0.312 e. The van der Waals surface area contributed by atoms with Gasteiger partial charge in [-0.3, -0.25) is 0 Å². The first-order valence-electron chi connectivity index (χ1n) is 6.57. The van der Waals surface area contributed by atoms with Crippen LogP contribution in [-0.2, 0) is 19.1 Å². The van der Waals surface area contributed by atoms with Gasteiger partial charge in [0.2, 0.25) is 0 Å². The molecule has 0 aromatic heterocycles. The molecule has 0 saturated carbocycles. The van der Waals surface area contributed by atoms with Crippen molar-refractivity contribution in [3.05, 3.63) is 71.0 Å². The fourth-order valence-corrected chi connectivity index (χ4v) is 2.10. The molecule has 0 spiro atoms. The van der Waals surface area contributed by atoms with E-state index in [2.05, 4.69) is 5.32 Å². The van der Waals surface area contributed by atoms with Crippen molar-refractivity contribution in [1.29, 1.82) is 0 Å². The molecule has 0 bridgehead atoms. The number of rotatable bonds is 5. The van der Waals surface area contributed by atoms with E-state index in [-0.39, 0.29) is 17.9 Å². The van der Waals surface area contributed by atoms with E-state index in [1.54, 1.807) is 24.3 Å². The molecule has 0 aliphatic rings. The molecule has 1 N–H and O–H groups in total. The first-order valence-corrected chi connectivity index (χ1v) is 6.57. The van der Waals surface area contributed by atoms with Crippen molar-refractivity contribution in [1.82, 2.24) is 5.32 Å². The molecule has 2 rings (SSSR count). The monoisotopic (exact) mass is 297 g/mol. The van der Waals surface area contributed by atoms with E-state index in [0.29, 0.717) is 18.5 Å². The molecule has 21 heavy (non-hydrogen) atoms. The summed E-state index contributed by atoms with van der Waals surface area (Å²) in [5.74, 6) is -0.296. The molecule has 5 heteroatoms. The van der Waals surface area contributed by atoms with Crippen LogP contribution in [0.4, 0.5) is 17.6 Å². The van der Waals surface area contributed by atoms with Crippen molar-refractivity contribution >= 4 is 0 Å². The predicted molar refractivity (Wildman–Crippen MR) is 73.3 cm³/mol. The lowest BCUT2D eigenvalue weighted by molar-refractivity contribution is -0.138. The minimum Gasteiger partial charge on any atom is -0.312 e. The zero-order valence-electron chi connectivity index (χ0n) is 11.3. The fourth-order valence-electron chi connectivity index (χ4n) is 2.10. The lowest BCUT2D eigenvalue weighted by Crippen LogP contribution is -2.20. The van der Waals surface area contributed by atoms with Gasteiger partial charge in [-0.25, -0.2) is 4.39 Å². The highest BCUT2D eigenvalue weighted by Crippen LogP contribution is 2.31. The third-order valence-corrected chi connectivity index (χ3v) is 3.17. The van der Waals surface area contributed by atoms with Gasteiger partial charge in [0.25, 0.3) is 0 Å². The second-order valence-corrected chi connectivity index (χ2v) is 4.67. The molecule has 0 unspecified atom stereocenters. The number of benzene rings is 2. The molecule has 0 aliphatic carbocycles. The van der Waals surface area contributed by atoms with Gasteiger partial charge in [0.1, 0.15) is 5.82 Å². The largest absolute Gasteiger partial charge is 0.416 e. The third-order valence-electron chi connectivity index (χ3n) is 3.17. The van der Waals surface area contributed by atoms with Crippen LogP contribution in [0.3, 0.4) is 0 Å². The van der Waals surface area contributed by atoms with Gasteiger partial charge in [-0.05, 0) is 36.2 Å². The van der Waals surface area contributed by atoms with E-state index in [1.165, 1.54) is 18.2 Å². The van der Waals surface area contributed by atoms with Gasteiger partial charge in [-0.15, -0.1) is 0 Å². The number of alkyl halides is 3. The average molecular weight is 297 g/mol. The predicted octanol–water partition coefficient (Wildman–Crippen LogP) is 4.18. The number of nitrogens with one attached hydrogen (secondary N) is 1. The first-order chi connectivity index (χ1) is 9.98.